The van der Waals surface area contributed by atoms with Crippen LogP contribution >= 0.6 is 0 Å². The molecular formula is C26H34N2O4S. The van der Waals surface area contributed by atoms with Crippen LogP contribution in [-0.2, 0) is 10.0 Å². The van der Waals surface area contributed by atoms with Gasteiger partial charge in [-0.3, -0.25) is 4.79 Å². The lowest BCUT2D eigenvalue weighted by Gasteiger charge is -2.41. The molecular weight excluding hydrogens is 436 g/mol. The molecule has 1 saturated heterocycles. The number of hydrogen-bond donors (Lipinski definition) is 1. The van der Waals surface area contributed by atoms with Crippen molar-refractivity contribution in [2.24, 2.45) is 0 Å². The second-order valence-corrected chi connectivity index (χ2v) is 11.0. The van der Waals surface area contributed by atoms with Crippen LogP contribution < -0.4 is 10.1 Å². The van der Waals surface area contributed by atoms with Gasteiger partial charge in [0.1, 0.15) is 11.4 Å². The molecule has 0 bridgehead atoms. The molecule has 1 N–H and O–H groups in total. The maximum Gasteiger partial charge on any atom is 0.251 e. The number of nitrogens with one attached hydrogen (secondary N) is 1. The SMILES string of the molecule is CCC1(CC)C[C@@H](NC(=O)c2cccc(S(=O)(=O)N3CCCCCC3)c2)c2ccccc2O1. The molecule has 2 aromatic carbocycles. The molecule has 1 atom stereocenters. The van der Waals surface area contributed by atoms with Gasteiger partial charge in [-0.05, 0) is 49.9 Å². The Morgan fingerprint density at radius 3 is 2.42 bits per heavy atom. The maximum absolute atomic E-state index is 13.3. The van der Waals surface area contributed by atoms with E-state index in [0.717, 1.165) is 49.8 Å². The smallest absolute Gasteiger partial charge is 0.251 e. The van der Waals surface area contributed by atoms with Gasteiger partial charge in [-0.25, -0.2) is 8.42 Å². The third-order valence-corrected chi connectivity index (χ3v) is 8.98. The van der Waals surface area contributed by atoms with Gasteiger partial charge in [0.2, 0.25) is 10.0 Å². The Morgan fingerprint density at radius 1 is 1.03 bits per heavy atom. The quantitative estimate of drug-likeness (QED) is 0.640. The fourth-order valence-corrected chi connectivity index (χ4v) is 6.46. The van der Waals surface area contributed by atoms with Gasteiger partial charge in [0.15, 0.2) is 0 Å². The number of nitrogens with zero attached hydrogens (tertiary/aromatic N) is 1. The summed E-state index contributed by atoms with van der Waals surface area (Å²) in [5.74, 6) is 0.529. The Labute approximate surface area is 197 Å². The van der Waals surface area contributed by atoms with Crippen molar-refractivity contribution >= 4 is 15.9 Å². The fourth-order valence-electron chi connectivity index (χ4n) is 4.90. The van der Waals surface area contributed by atoms with Crippen molar-refractivity contribution in [3.63, 3.8) is 0 Å². The van der Waals surface area contributed by atoms with Crippen molar-refractivity contribution in [1.29, 1.82) is 0 Å². The van der Waals surface area contributed by atoms with Gasteiger partial charge >= 0.3 is 0 Å². The molecule has 6 nitrogen and oxygen atoms in total. The molecule has 0 saturated carbocycles. The maximum atomic E-state index is 13.3. The zero-order valence-corrected chi connectivity index (χ0v) is 20.4. The van der Waals surface area contributed by atoms with E-state index in [1.54, 1.807) is 22.5 Å². The molecule has 2 aromatic rings. The van der Waals surface area contributed by atoms with Crippen LogP contribution in [0.5, 0.6) is 5.75 Å². The molecule has 2 heterocycles. The number of ether oxygens (including phenoxy) is 1. The molecule has 0 aliphatic carbocycles. The minimum Gasteiger partial charge on any atom is -0.487 e. The summed E-state index contributed by atoms with van der Waals surface area (Å²) < 4.78 is 34.3. The van der Waals surface area contributed by atoms with Crippen LogP contribution in [0.3, 0.4) is 0 Å². The lowest BCUT2D eigenvalue weighted by Crippen LogP contribution is -2.44. The lowest BCUT2D eigenvalue weighted by molar-refractivity contribution is 0.0227. The van der Waals surface area contributed by atoms with Gasteiger partial charge in [0.05, 0.1) is 10.9 Å². The molecule has 33 heavy (non-hydrogen) atoms. The lowest BCUT2D eigenvalue weighted by atomic mass is 9.83. The minimum atomic E-state index is -3.62. The summed E-state index contributed by atoms with van der Waals surface area (Å²) in [6.45, 7) is 5.28. The second kappa shape index (κ2) is 9.85. The van der Waals surface area contributed by atoms with E-state index < -0.39 is 10.0 Å². The van der Waals surface area contributed by atoms with Gasteiger partial charge in [-0.1, -0.05) is 51.0 Å². The normalized spacial score (nSPS) is 20.8. The largest absolute Gasteiger partial charge is 0.487 e. The molecule has 1 amide bonds. The zero-order valence-electron chi connectivity index (χ0n) is 19.5. The van der Waals surface area contributed by atoms with Crippen LogP contribution in [0.4, 0.5) is 0 Å². The first-order chi connectivity index (χ1) is 15.9. The first-order valence-electron chi connectivity index (χ1n) is 12.1. The molecule has 178 valence electrons. The average molecular weight is 471 g/mol. The number of carbonyl (C=O) groups is 1. The molecule has 2 aliphatic rings. The predicted octanol–water partition coefficient (Wildman–Crippen LogP) is 5.06. The third-order valence-electron chi connectivity index (χ3n) is 7.09. The van der Waals surface area contributed by atoms with E-state index >= 15 is 0 Å². The summed E-state index contributed by atoms with van der Waals surface area (Å²) in [5, 5.41) is 3.16. The van der Waals surface area contributed by atoms with Gasteiger partial charge < -0.3 is 10.1 Å². The van der Waals surface area contributed by atoms with E-state index in [2.05, 4.69) is 19.2 Å². The molecule has 1 fully saturated rings. The first-order valence-corrected chi connectivity index (χ1v) is 13.5. The molecule has 2 aliphatic heterocycles. The second-order valence-electron chi connectivity index (χ2n) is 9.11. The predicted molar refractivity (Wildman–Crippen MR) is 129 cm³/mol. The van der Waals surface area contributed by atoms with E-state index in [4.69, 9.17) is 4.74 Å². The number of sulfonamides is 1. The number of carbonyl (C=O) groups excluding carboxylic acids is 1. The Hall–Kier alpha value is -2.38. The van der Waals surface area contributed by atoms with Crippen LogP contribution in [0, 0.1) is 0 Å². The summed E-state index contributed by atoms with van der Waals surface area (Å²) in [6, 6.07) is 14.0. The summed E-state index contributed by atoms with van der Waals surface area (Å²) in [4.78, 5) is 13.4. The van der Waals surface area contributed by atoms with Gasteiger partial charge in [0, 0.05) is 30.6 Å². The van der Waals surface area contributed by atoms with Crippen molar-refractivity contribution < 1.29 is 17.9 Å². The van der Waals surface area contributed by atoms with Gasteiger partial charge in [-0.15, -0.1) is 0 Å². The van der Waals surface area contributed by atoms with Crippen LogP contribution in [0.25, 0.3) is 0 Å². The standard InChI is InChI=1S/C26H34N2O4S/c1-3-26(4-2)19-23(22-14-7-8-15-24(22)32-26)27-25(29)20-12-11-13-21(18-20)33(30,31)28-16-9-5-6-10-17-28/h7-8,11-15,18,23H,3-6,9-10,16-17,19H2,1-2H3,(H,27,29)/t23-/m1/s1. The van der Waals surface area contributed by atoms with Gasteiger partial charge in [0.25, 0.3) is 5.91 Å². The van der Waals surface area contributed by atoms with E-state index in [1.807, 2.05) is 24.3 Å². The average Bonchev–Trinajstić information content (AvgIpc) is 3.14. The zero-order chi connectivity index (χ0) is 23.5. The molecule has 7 heteroatoms. The van der Waals surface area contributed by atoms with E-state index in [9.17, 15) is 13.2 Å². The number of benzene rings is 2. The van der Waals surface area contributed by atoms with E-state index in [1.165, 1.54) is 6.07 Å². The molecule has 0 spiro atoms. The van der Waals surface area contributed by atoms with Gasteiger partial charge in [-0.2, -0.15) is 4.31 Å². The highest BCUT2D eigenvalue weighted by Gasteiger charge is 2.39. The topological polar surface area (TPSA) is 75.7 Å². The van der Waals surface area contributed by atoms with Crippen LogP contribution in [0.15, 0.2) is 53.4 Å². The highest BCUT2D eigenvalue weighted by Crippen LogP contribution is 2.42. The highest BCUT2D eigenvalue weighted by molar-refractivity contribution is 7.89. The summed E-state index contributed by atoms with van der Waals surface area (Å²) >= 11 is 0. The molecule has 0 radical (unpaired) electrons. The Balaban J connectivity index is 1.58. The Bertz CT molecular complexity index is 1090. The van der Waals surface area contributed by atoms with Crippen molar-refractivity contribution in [3.8, 4) is 5.75 Å². The monoisotopic (exact) mass is 470 g/mol. The molecule has 0 aromatic heterocycles. The first kappa shape index (κ1) is 23.8. The minimum absolute atomic E-state index is 0.181. The van der Waals surface area contributed by atoms with Crippen molar-refractivity contribution in [2.45, 2.75) is 75.3 Å². The van der Waals surface area contributed by atoms with Crippen LogP contribution in [-0.4, -0.2) is 37.3 Å². The summed E-state index contributed by atoms with van der Waals surface area (Å²) in [7, 11) is -3.62. The van der Waals surface area contributed by atoms with Crippen molar-refractivity contribution in [1.82, 2.24) is 9.62 Å². The highest BCUT2D eigenvalue weighted by atomic mass is 32.2. The number of rotatable bonds is 6. The Kier molecular flexibility index (Phi) is 7.10. The van der Waals surface area contributed by atoms with Crippen molar-refractivity contribution in [3.05, 3.63) is 59.7 Å². The molecule has 0 unspecified atom stereocenters. The van der Waals surface area contributed by atoms with E-state index in [0.29, 0.717) is 25.1 Å². The van der Waals surface area contributed by atoms with Crippen molar-refractivity contribution in [2.75, 3.05) is 13.1 Å². The van der Waals surface area contributed by atoms with E-state index in [-0.39, 0.29) is 22.4 Å². The number of fused-ring (bicyclic) bond motifs is 1. The number of amides is 1. The summed E-state index contributed by atoms with van der Waals surface area (Å²) in [6.07, 6.45) is 6.21. The number of hydrogen-bond acceptors (Lipinski definition) is 4. The number of para-hydroxylation sites is 1. The fraction of sp³-hybridized carbons (Fsp3) is 0.500. The van der Waals surface area contributed by atoms with Crippen LogP contribution in [0.1, 0.15) is 80.8 Å². The summed E-state index contributed by atoms with van der Waals surface area (Å²) in [5.41, 5.74) is 0.981. The molecule has 4 rings (SSSR count). The van der Waals surface area contributed by atoms with Crippen LogP contribution in [0.2, 0.25) is 0 Å². The third kappa shape index (κ3) is 4.94. The Morgan fingerprint density at radius 2 is 1.73 bits per heavy atom.